The first-order chi connectivity index (χ1) is 6.50. The average molecular weight is 196 g/mol. The second-order valence-corrected chi connectivity index (χ2v) is 3.79. The number of aliphatic hydroxyl groups is 1. The molecule has 0 aliphatic heterocycles. The van der Waals surface area contributed by atoms with E-state index in [1.807, 2.05) is 0 Å². The normalized spacial score (nSPS) is 38.3. The minimum atomic E-state index is -1.39. The molecule has 0 heterocycles. The van der Waals surface area contributed by atoms with Crippen LogP contribution in [0.2, 0.25) is 0 Å². The van der Waals surface area contributed by atoms with Gasteiger partial charge in [-0.2, -0.15) is 0 Å². The summed E-state index contributed by atoms with van der Waals surface area (Å²) < 4.78 is 0. The van der Waals surface area contributed by atoms with E-state index >= 15 is 0 Å². The van der Waals surface area contributed by atoms with Crippen LogP contribution in [0, 0.1) is 5.41 Å². The van der Waals surface area contributed by atoms with Gasteiger partial charge in [0.1, 0.15) is 11.9 Å². The molecule has 0 aromatic carbocycles. The highest BCUT2D eigenvalue weighted by atomic mass is 16.3. The molecule has 4 nitrogen and oxygen atoms in total. The zero-order chi connectivity index (χ0) is 10.8. The number of carbonyl (C=O) groups is 1. The van der Waals surface area contributed by atoms with Gasteiger partial charge in [-0.1, -0.05) is 24.3 Å². The minimum absolute atomic E-state index is 0.123. The molecule has 0 spiro atoms. The van der Waals surface area contributed by atoms with E-state index in [1.54, 1.807) is 25.2 Å². The van der Waals surface area contributed by atoms with Gasteiger partial charge in [0.05, 0.1) is 11.5 Å². The van der Waals surface area contributed by atoms with E-state index in [4.69, 9.17) is 11.5 Å². The largest absolute Gasteiger partial charge is 0.383 e. The van der Waals surface area contributed by atoms with Crippen LogP contribution >= 0.6 is 0 Å². The van der Waals surface area contributed by atoms with Crippen molar-refractivity contribution in [3.8, 4) is 0 Å². The smallest absolute Gasteiger partial charge is 0.132 e. The molecule has 3 unspecified atom stereocenters. The fourth-order valence-corrected chi connectivity index (χ4v) is 1.61. The monoisotopic (exact) mass is 196 g/mol. The quantitative estimate of drug-likeness (QED) is 0.522. The highest BCUT2D eigenvalue weighted by molar-refractivity contribution is 5.67. The molecule has 0 radical (unpaired) electrons. The number of hydrogen-bond donors (Lipinski definition) is 3. The molecule has 78 valence electrons. The molecule has 0 amide bonds. The van der Waals surface area contributed by atoms with Crippen molar-refractivity contribution >= 4 is 6.29 Å². The first kappa shape index (κ1) is 11.1. The molecule has 0 saturated heterocycles. The molecule has 0 fully saturated rings. The SMILES string of the molecule is CC1(C=O)C=CC=CC1(O)C(N)CN. The maximum Gasteiger partial charge on any atom is 0.132 e. The van der Waals surface area contributed by atoms with Crippen LogP contribution in [-0.2, 0) is 4.79 Å². The molecule has 1 aliphatic carbocycles. The van der Waals surface area contributed by atoms with E-state index in [9.17, 15) is 9.90 Å². The molecule has 1 aliphatic rings. The van der Waals surface area contributed by atoms with Gasteiger partial charge in [0.2, 0.25) is 0 Å². The van der Waals surface area contributed by atoms with Gasteiger partial charge in [0.25, 0.3) is 0 Å². The number of aldehydes is 1. The van der Waals surface area contributed by atoms with Gasteiger partial charge >= 0.3 is 0 Å². The Morgan fingerprint density at radius 1 is 1.50 bits per heavy atom. The second-order valence-electron chi connectivity index (χ2n) is 3.79. The first-order valence-corrected chi connectivity index (χ1v) is 4.51. The molecule has 0 aromatic rings. The number of nitrogens with two attached hydrogens (primary N) is 2. The summed E-state index contributed by atoms with van der Waals surface area (Å²) in [5.74, 6) is 0. The summed E-state index contributed by atoms with van der Waals surface area (Å²) in [7, 11) is 0. The molecule has 5 N–H and O–H groups in total. The van der Waals surface area contributed by atoms with Crippen LogP contribution in [0.3, 0.4) is 0 Å². The topological polar surface area (TPSA) is 89.3 Å². The molecule has 4 heteroatoms. The number of hydrogen-bond acceptors (Lipinski definition) is 4. The molecule has 14 heavy (non-hydrogen) atoms. The summed E-state index contributed by atoms with van der Waals surface area (Å²) >= 11 is 0. The van der Waals surface area contributed by atoms with E-state index in [2.05, 4.69) is 0 Å². The van der Waals surface area contributed by atoms with E-state index in [-0.39, 0.29) is 6.54 Å². The summed E-state index contributed by atoms with van der Waals surface area (Å²) in [6, 6.07) is -0.654. The van der Waals surface area contributed by atoms with Crippen LogP contribution in [0.15, 0.2) is 24.3 Å². The number of carbonyl (C=O) groups excluding carboxylic acids is 1. The van der Waals surface area contributed by atoms with Crippen molar-refractivity contribution in [2.75, 3.05) is 6.54 Å². The summed E-state index contributed by atoms with van der Waals surface area (Å²) in [5.41, 5.74) is 8.73. The lowest BCUT2D eigenvalue weighted by molar-refractivity contribution is -0.124. The van der Waals surface area contributed by atoms with Crippen LogP contribution in [0.1, 0.15) is 6.92 Å². The molecule has 3 atom stereocenters. The highest BCUT2D eigenvalue weighted by Crippen LogP contribution is 2.36. The Labute approximate surface area is 83.3 Å². The minimum Gasteiger partial charge on any atom is -0.383 e. The van der Waals surface area contributed by atoms with Crippen molar-refractivity contribution in [1.82, 2.24) is 0 Å². The molecule has 0 aromatic heterocycles. The average Bonchev–Trinajstić information content (AvgIpc) is 2.21. The Morgan fingerprint density at radius 2 is 2.07 bits per heavy atom. The van der Waals surface area contributed by atoms with Crippen molar-refractivity contribution in [2.24, 2.45) is 16.9 Å². The van der Waals surface area contributed by atoms with Gasteiger partial charge < -0.3 is 21.4 Å². The third kappa shape index (κ3) is 1.41. The van der Waals surface area contributed by atoms with Gasteiger partial charge in [-0.3, -0.25) is 0 Å². The van der Waals surface area contributed by atoms with Crippen LogP contribution in [-0.4, -0.2) is 29.6 Å². The first-order valence-electron chi connectivity index (χ1n) is 4.51. The lowest BCUT2D eigenvalue weighted by Crippen LogP contribution is -2.60. The van der Waals surface area contributed by atoms with Gasteiger partial charge in [-0.25, -0.2) is 0 Å². The van der Waals surface area contributed by atoms with Gasteiger partial charge in [-0.15, -0.1) is 0 Å². The van der Waals surface area contributed by atoms with E-state index in [1.165, 1.54) is 6.08 Å². The fourth-order valence-electron chi connectivity index (χ4n) is 1.61. The van der Waals surface area contributed by atoms with Crippen molar-refractivity contribution in [3.05, 3.63) is 24.3 Å². The standard InChI is InChI=1S/C10H16N2O2/c1-9(7-13)4-2-3-5-10(9,14)8(12)6-11/h2-5,7-8,14H,6,11-12H2,1H3. The van der Waals surface area contributed by atoms with Crippen LogP contribution in [0.4, 0.5) is 0 Å². The predicted molar refractivity (Wildman–Crippen MR) is 54.4 cm³/mol. The lowest BCUT2D eigenvalue weighted by atomic mass is 9.68. The Morgan fingerprint density at radius 3 is 2.57 bits per heavy atom. The second kappa shape index (κ2) is 3.65. The fraction of sp³-hybridized carbons (Fsp3) is 0.500. The third-order valence-corrected chi connectivity index (χ3v) is 2.83. The molecule has 0 bridgehead atoms. The van der Waals surface area contributed by atoms with Crippen molar-refractivity contribution in [2.45, 2.75) is 18.6 Å². The maximum atomic E-state index is 11.0. The Bertz CT molecular complexity index is 288. The summed E-state index contributed by atoms with van der Waals surface area (Å²) in [6.45, 7) is 1.76. The van der Waals surface area contributed by atoms with E-state index < -0.39 is 17.1 Å². The van der Waals surface area contributed by atoms with Crippen LogP contribution in [0.5, 0.6) is 0 Å². The highest BCUT2D eigenvalue weighted by Gasteiger charge is 2.48. The lowest BCUT2D eigenvalue weighted by Gasteiger charge is -2.42. The Balaban J connectivity index is 3.12. The van der Waals surface area contributed by atoms with Crippen molar-refractivity contribution in [3.63, 3.8) is 0 Å². The third-order valence-electron chi connectivity index (χ3n) is 2.83. The van der Waals surface area contributed by atoms with Gasteiger partial charge in [0.15, 0.2) is 0 Å². The van der Waals surface area contributed by atoms with Crippen molar-refractivity contribution in [1.29, 1.82) is 0 Å². The van der Waals surface area contributed by atoms with Crippen molar-refractivity contribution < 1.29 is 9.90 Å². The Hall–Kier alpha value is -0.970. The number of allylic oxidation sites excluding steroid dienone is 2. The van der Waals surface area contributed by atoms with Gasteiger partial charge in [0, 0.05) is 6.54 Å². The van der Waals surface area contributed by atoms with E-state index in [0.717, 1.165) is 0 Å². The molecular weight excluding hydrogens is 180 g/mol. The van der Waals surface area contributed by atoms with Gasteiger partial charge in [-0.05, 0) is 6.92 Å². The zero-order valence-corrected chi connectivity index (χ0v) is 8.18. The molecule has 1 rings (SSSR count). The molecular formula is C10H16N2O2. The summed E-state index contributed by atoms with van der Waals surface area (Å²) in [4.78, 5) is 11.0. The predicted octanol–water partition coefficient (Wildman–Crippen LogP) is -0.665. The summed E-state index contributed by atoms with van der Waals surface area (Å²) in [5, 5.41) is 10.3. The van der Waals surface area contributed by atoms with Crippen LogP contribution < -0.4 is 11.5 Å². The zero-order valence-electron chi connectivity index (χ0n) is 8.18. The van der Waals surface area contributed by atoms with E-state index in [0.29, 0.717) is 6.29 Å². The number of rotatable bonds is 3. The maximum absolute atomic E-state index is 11.0. The van der Waals surface area contributed by atoms with Crippen LogP contribution in [0.25, 0.3) is 0 Å². The Kier molecular flexibility index (Phi) is 2.89. The summed E-state index contributed by atoms with van der Waals surface area (Å²) in [6.07, 6.45) is 7.24. The molecule has 0 saturated carbocycles.